The number of aliphatic hydroxyl groups is 1. The van der Waals surface area contributed by atoms with Gasteiger partial charge in [0.15, 0.2) is 0 Å². The third kappa shape index (κ3) is 4.56. The maximum Gasteiger partial charge on any atom is 0.252 e. The van der Waals surface area contributed by atoms with Crippen molar-refractivity contribution < 1.29 is 5.11 Å². The molecule has 0 aliphatic rings. The topological polar surface area (TPSA) is 69.2 Å². The number of aromatic amines is 1. The fourth-order valence-corrected chi connectivity index (χ4v) is 1.61. The molecule has 0 aliphatic carbocycles. The number of nitrogens with one attached hydrogen (secondary N) is 1. The fourth-order valence-electron chi connectivity index (χ4n) is 1.61. The standard InChI is InChI=1S/C12H21N3O2/c1-3-10-13-11(9-12(17)14-10)15(2)7-5-4-6-8-16/h9,16H,3-8H2,1-2H3,(H,13,14,17). The molecule has 17 heavy (non-hydrogen) atoms. The van der Waals surface area contributed by atoms with E-state index in [1.54, 1.807) is 0 Å². The molecule has 5 heteroatoms. The first-order valence-corrected chi connectivity index (χ1v) is 6.09. The second-order valence-corrected chi connectivity index (χ2v) is 4.11. The highest BCUT2D eigenvalue weighted by Gasteiger charge is 2.05. The van der Waals surface area contributed by atoms with Gasteiger partial charge in [-0.3, -0.25) is 4.79 Å². The van der Waals surface area contributed by atoms with E-state index in [4.69, 9.17) is 5.11 Å². The lowest BCUT2D eigenvalue weighted by Crippen LogP contribution is -2.23. The molecule has 1 heterocycles. The summed E-state index contributed by atoms with van der Waals surface area (Å²) in [5.74, 6) is 1.43. The van der Waals surface area contributed by atoms with Crippen LogP contribution in [0, 0.1) is 0 Å². The summed E-state index contributed by atoms with van der Waals surface area (Å²) in [6.07, 6.45) is 3.54. The molecule has 0 atom stereocenters. The van der Waals surface area contributed by atoms with Crippen molar-refractivity contribution in [1.29, 1.82) is 0 Å². The number of unbranched alkanes of at least 4 members (excludes halogenated alkanes) is 2. The molecule has 0 amide bonds. The van der Waals surface area contributed by atoms with Gasteiger partial charge in [-0.2, -0.15) is 0 Å². The molecule has 2 N–H and O–H groups in total. The minimum atomic E-state index is -0.103. The molecular weight excluding hydrogens is 218 g/mol. The number of anilines is 1. The molecule has 0 aromatic carbocycles. The maximum absolute atomic E-state index is 11.4. The van der Waals surface area contributed by atoms with Gasteiger partial charge in [-0.15, -0.1) is 0 Å². The van der Waals surface area contributed by atoms with Crippen LogP contribution in [0.1, 0.15) is 32.0 Å². The van der Waals surface area contributed by atoms with Gasteiger partial charge in [0.2, 0.25) is 0 Å². The Morgan fingerprint density at radius 1 is 1.41 bits per heavy atom. The Bertz CT molecular complexity index is 390. The van der Waals surface area contributed by atoms with Crippen molar-refractivity contribution in [2.24, 2.45) is 0 Å². The Labute approximate surface area is 102 Å². The highest BCUT2D eigenvalue weighted by atomic mass is 16.2. The Kier molecular flexibility index (Phi) is 5.69. The fraction of sp³-hybridized carbons (Fsp3) is 0.667. The zero-order valence-electron chi connectivity index (χ0n) is 10.6. The van der Waals surface area contributed by atoms with Crippen molar-refractivity contribution >= 4 is 5.82 Å². The summed E-state index contributed by atoms with van der Waals surface area (Å²) >= 11 is 0. The number of H-pyrrole nitrogens is 1. The van der Waals surface area contributed by atoms with Crippen molar-refractivity contribution in [2.75, 3.05) is 25.1 Å². The van der Waals surface area contributed by atoms with Crippen molar-refractivity contribution in [3.63, 3.8) is 0 Å². The van der Waals surface area contributed by atoms with Gasteiger partial charge in [0.1, 0.15) is 11.6 Å². The molecule has 0 fully saturated rings. The van der Waals surface area contributed by atoms with Crippen LogP contribution in [0.15, 0.2) is 10.9 Å². The van der Waals surface area contributed by atoms with E-state index in [0.717, 1.165) is 43.9 Å². The Morgan fingerprint density at radius 3 is 2.82 bits per heavy atom. The molecule has 0 bridgehead atoms. The molecule has 0 radical (unpaired) electrons. The minimum absolute atomic E-state index is 0.103. The Morgan fingerprint density at radius 2 is 2.18 bits per heavy atom. The van der Waals surface area contributed by atoms with E-state index in [-0.39, 0.29) is 12.2 Å². The number of aromatic nitrogens is 2. The molecular formula is C12H21N3O2. The third-order valence-electron chi connectivity index (χ3n) is 2.65. The average molecular weight is 239 g/mol. The van der Waals surface area contributed by atoms with E-state index in [1.807, 2.05) is 18.9 Å². The number of hydrogen-bond acceptors (Lipinski definition) is 4. The number of rotatable bonds is 7. The van der Waals surface area contributed by atoms with E-state index >= 15 is 0 Å². The zero-order valence-corrected chi connectivity index (χ0v) is 10.6. The average Bonchev–Trinajstić information content (AvgIpc) is 2.33. The number of nitrogens with zero attached hydrogens (tertiary/aromatic N) is 2. The number of aliphatic hydroxyl groups excluding tert-OH is 1. The molecule has 5 nitrogen and oxygen atoms in total. The van der Waals surface area contributed by atoms with Gasteiger partial charge in [0.05, 0.1) is 0 Å². The van der Waals surface area contributed by atoms with Gasteiger partial charge in [-0.25, -0.2) is 4.98 Å². The van der Waals surface area contributed by atoms with E-state index in [1.165, 1.54) is 6.07 Å². The van der Waals surface area contributed by atoms with Crippen LogP contribution >= 0.6 is 0 Å². The first-order valence-electron chi connectivity index (χ1n) is 6.09. The van der Waals surface area contributed by atoms with Gasteiger partial charge in [0, 0.05) is 32.7 Å². The van der Waals surface area contributed by atoms with Gasteiger partial charge in [-0.1, -0.05) is 6.92 Å². The van der Waals surface area contributed by atoms with Crippen LogP contribution in [0.3, 0.4) is 0 Å². The van der Waals surface area contributed by atoms with Gasteiger partial charge < -0.3 is 15.0 Å². The molecule has 1 aromatic rings. The summed E-state index contributed by atoms with van der Waals surface area (Å²) in [6.45, 7) is 3.05. The maximum atomic E-state index is 11.4. The molecule has 0 aliphatic heterocycles. The van der Waals surface area contributed by atoms with Crippen LogP contribution in [0.25, 0.3) is 0 Å². The molecule has 0 saturated heterocycles. The normalized spacial score (nSPS) is 10.5. The first-order chi connectivity index (χ1) is 8.17. The lowest BCUT2D eigenvalue weighted by molar-refractivity contribution is 0.283. The van der Waals surface area contributed by atoms with Crippen LogP contribution in [-0.4, -0.2) is 35.3 Å². The van der Waals surface area contributed by atoms with Crippen molar-refractivity contribution in [2.45, 2.75) is 32.6 Å². The minimum Gasteiger partial charge on any atom is -0.396 e. The lowest BCUT2D eigenvalue weighted by atomic mass is 10.2. The van der Waals surface area contributed by atoms with E-state index in [9.17, 15) is 4.79 Å². The molecule has 1 aromatic heterocycles. The van der Waals surface area contributed by atoms with Crippen LogP contribution in [0.2, 0.25) is 0 Å². The monoisotopic (exact) mass is 239 g/mol. The summed E-state index contributed by atoms with van der Waals surface area (Å²) < 4.78 is 0. The number of hydrogen-bond donors (Lipinski definition) is 2. The Balaban J connectivity index is 2.58. The predicted octanol–water partition coefficient (Wildman–Crippen LogP) is 0.931. The van der Waals surface area contributed by atoms with Crippen molar-refractivity contribution in [3.05, 3.63) is 22.2 Å². The first kappa shape index (κ1) is 13.7. The second-order valence-electron chi connectivity index (χ2n) is 4.11. The highest BCUT2D eigenvalue weighted by Crippen LogP contribution is 2.07. The number of aryl methyl sites for hydroxylation is 1. The van der Waals surface area contributed by atoms with E-state index in [0.29, 0.717) is 0 Å². The zero-order chi connectivity index (χ0) is 12.7. The summed E-state index contributed by atoms with van der Waals surface area (Å²) in [5, 5.41) is 8.68. The molecule has 1 rings (SSSR count). The summed E-state index contributed by atoms with van der Waals surface area (Å²) in [5.41, 5.74) is -0.103. The van der Waals surface area contributed by atoms with Crippen LogP contribution < -0.4 is 10.5 Å². The lowest BCUT2D eigenvalue weighted by Gasteiger charge is -2.18. The summed E-state index contributed by atoms with van der Waals surface area (Å²) in [6, 6.07) is 1.52. The molecule has 0 spiro atoms. The van der Waals surface area contributed by atoms with Crippen molar-refractivity contribution in [3.8, 4) is 0 Å². The Hall–Kier alpha value is -1.36. The van der Waals surface area contributed by atoms with Gasteiger partial charge in [0.25, 0.3) is 5.56 Å². The van der Waals surface area contributed by atoms with E-state index in [2.05, 4.69) is 9.97 Å². The quantitative estimate of drug-likeness (QED) is 0.695. The highest BCUT2D eigenvalue weighted by molar-refractivity contribution is 5.35. The smallest absolute Gasteiger partial charge is 0.252 e. The SMILES string of the molecule is CCc1nc(N(C)CCCCCO)cc(=O)[nH]1. The largest absolute Gasteiger partial charge is 0.396 e. The van der Waals surface area contributed by atoms with Crippen LogP contribution in [0.4, 0.5) is 5.82 Å². The molecule has 0 unspecified atom stereocenters. The summed E-state index contributed by atoms with van der Waals surface area (Å²) in [7, 11) is 1.93. The third-order valence-corrected chi connectivity index (χ3v) is 2.65. The van der Waals surface area contributed by atoms with E-state index < -0.39 is 0 Å². The second kappa shape index (κ2) is 7.06. The summed E-state index contributed by atoms with van der Waals surface area (Å²) in [4.78, 5) is 20.4. The van der Waals surface area contributed by atoms with Gasteiger partial charge >= 0.3 is 0 Å². The van der Waals surface area contributed by atoms with Crippen LogP contribution in [0.5, 0.6) is 0 Å². The molecule has 96 valence electrons. The van der Waals surface area contributed by atoms with Crippen molar-refractivity contribution in [1.82, 2.24) is 9.97 Å². The van der Waals surface area contributed by atoms with Gasteiger partial charge in [-0.05, 0) is 19.3 Å². The van der Waals surface area contributed by atoms with Crippen LogP contribution in [-0.2, 0) is 6.42 Å². The molecule has 0 saturated carbocycles. The predicted molar refractivity (Wildman–Crippen MR) is 68.4 cm³/mol.